The molecule has 0 aliphatic rings. The van der Waals surface area contributed by atoms with E-state index < -0.39 is 11.3 Å². The van der Waals surface area contributed by atoms with Crippen LogP contribution in [0.15, 0.2) is 23.0 Å². The van der Waals surface area contributed by atoms with Crippen LogP contribution in [0.1, 0.15) is 0 Å². The van der Waals surface area contributed by atoms with E-state index in [1.165, 1.54) is 13.2 Å². The van der Waals surface area contributed by atoms with Crippen LogP contribution in [-0.4, -0.2) is 22.3 Å². The van der Waals surface area contributed by atoms with E-state index >= 15 is 0 Å². The van der Waals surface area contributed by atoms with E-state index in [2.05, 4.69) is 4.98 Å². The topological polar surface area (TPSA) is 82.5 Å². The molecule has 1 heterocycles. The van der Waals surface area contributed by atoms with Crippen molar-refractivity contribution in [3.8, 4) is 17.4 Å². The van der Waals surface area contributed by atoms with Gasteiger partial charge in [0.2, 0.25) is 0 Å². The Hall–Kier alpha value is -2.17. The minimum Gasteiger partial charge on any atom is -0.503 e. The second-order valence-electron chi connectivity index (χ2n) is 3.06. The Morgan fingerprint density at radius 3 is 2.67 bits per heavy atom. The number of aromatic hydroxyl groups is 2. The predicted molar refractivity (Wildman–Crippen MR) is 54.5 cm³/mol. The van der Waals surface area contributed by atoms with E-state index in [1.807, 2.05) is 0 Å². The summed E-state index contributed by atoms with van der Waals surface area (Å²) >= 11 is 0. The standard InChI is InChI=1S/C10H9NO4/c1-15-5-2-3-6-7(4-5)8(12)10(14)11-9(6)13/h2-4,12H,1H3,(H2,11,13,14). The summed E-state index contributed by atoms with van der Waals surface area (Å²) in [6.07, 6.45) is 0. The van der Waals surface area contributed by atoms with Crippen LogP contribution in [0.25, 0.3) is 10.8 Å². The van der Waals surface area contributed by atoms with E-state index in [0.29, 0.717) is 11.1 Å². The molecule has 0 unspecified atom stereocenters. The Kier molecular flexibility index (Phi) is 2.00. The molecule has 2 rings (SSSR count). The van der Waals surface area contributed by atoms with E-state index in [9.17, 15) is 15.0 Å². The van der Waals surface area contributed by atoms with E-state index in [4.69, 9.17) is 4.74 Å². The maximum absolute atomic E-state index is 11.1. The highest BCUT2D eigenvalue weighted by Gasteiger charge is 2.09. The highest BCUT2D eigenvalue weighted by Crippen LogP contribution is 2.29. The molecule has 5 nitrogen and oxygen atoms in total. The molecule has 0 atom stereocenters. The number of aromatic nitrogens is 1. The van der Waals surface area contributed by atoms with Gasteiger partial charge in [0.1, 0.15) is 5.75 Å². The quantitative estimate of drug-likeness (QED) is 0.650. The Balaban J connectivity index is 2.91. The molecular formula is C10H9NO4. The summed E-state index contributed by atoms with van der Waals surface area (Å²) in [5.74, 6) is -0.194. The van der Waals surface area contributed by atoms with Gasteiger partial charge in [0.15, 0.2) is 11.6 Å². The molecule has 0 bridgehead atoms. The molecule has 1 aromatic carbocycles. The van der Waals surface area contributed by atoms with Gasteiger partial charge in [-0.15, -0.1) is 0 Å². The third-order valence-electron chi connectivity index (χ3n) is 2.18. The molecular weight excluding hydrogens is 198 g/mol. The molecule has 0 saturated carbocycles. The van der Waals surface area contributed by atoms with Gasteiger partial charge in [0, 0.05) is 10.8 Å². The van der Waals surface area contributed by atoms with Gasteiger partial charge in [-0.3, -0.25) is 9.78 Å². The highest BCUT2D eigenvalue weighted by atomic mass is 16.5. The lowest BCUT2D eigenvalue weighted by Crippen LogP contribution is -2.04. The van der Waals surface area contributed by atoms with Crippen LogP contribution in [0.3, 0.4) is 0 Å². The number of nitrogens with one attached hydrogen (secondary N) is 1. The summed E-state index contributed by atoms with van der Waals surface area (Å²) in [5, 5.41) is 19.6. The Labute approximate surface area is 84.6 Å². The first-order valence-corrected chi connectivity index (χ1v) is 4.25. The summed E-state index contributed by atoms with van der Waals surface area (Å²) < 4.78 is 4.95. The number of benzene rings is 1. The van der Waals surface area contributed by atoms with Crippen molar-refractivity contribution in [1.82, 2.24) is 4.98 Å². The molecule has 0 amide bonds. The van der Waals surface area contributed by atoms with Gasteiger partial charge in [0.05, 0.1) is 7.11 Å². The second kappa shape index (κ2) is 3.20. The Morgan fingerprint density at radius 2 is 2.00 bits per heavy atom. The van der Waals surface area contributed by atoms with Crippen LogP contribution >= 0.6 is 0 Å². The van der Waals surface area contributed by atoms with Crippen molar-refractivity contribution in [2.45, 2.75) is 0 Å². The summed E-state index contributed by atoms with van der Waals surface area (Å²) in [5.41, 5.74) is -0.728. The molecule has 3 N–H and O–H groups in total. The predicted octanol–water partition coefficient (Wildman–Crippen LogP) is 0.948. The number of methoxy groups -OCH3 is 1. The number of hydrogen-bond acceptors (Lipinski definition) is 4. The lowest BCUT2D eigenvalue weighted by atomic mass is 10.1. The van der Waals surface area contributed by atoms with Gasteiger partial charge in [-0.05, 0) is 18.2 Å². The third-order valence-corrected chi connectivity index (χ3v) is 2.18. The van der Waals surface area contributed by atoms with Gasteiger partial charge >= 0.3 is 0 Å². The van der Waals surface area contributed by atoms with Crippen molar-refractivity contribution in [3.05, 3.63) is 28.6 Å². The first kappa shape index (κ1) is 9.39. The van der Waals surface area contributed by atoms with E-state index in [0.717, 1.165) is 0 Å². The molecule has 0 aliphatic carbocycles. The SMILES string of the molecule is COc1ccc2c(O)[nH]c(=O)c(O)c2c1. The molecule has 78 valence electrons. The number of rotatable bonds is 1. The van der Waals surface area contributed by atoms with Crippen molar-refractivity contribution in [3.63, 3.8) is 0 Å². The Bertz CT molecular complexity index is 573. The van der Waals surface area contributed by atoms with E-state index in [1.54, 1.807) is 12.1 Å². The average molecular weight is 207 g/mol. The van der Waals surface area contributed by atoms with Gasteiger partial charge in [0.25, 0.3) is 5.56 Å². The van der Waals surface area contributed by atoms with Crippen molar-refractivity contribution in [2.24, 2.45) is 0 Å². The molecule has 0 radical (unpaired) electrons. The normalized spacial score (nSPS) is 10.5. The fourth-order valence-corrected chi connectivity index (χ4v) is 1.41. The summed E-state index contributed by atoms with van der Waals surface area (Å²) in [6, 6.07) is 4.67. The first-order chi connectivity index (χ1) is 7.13. The van der Waals surface area contributed by atoms with Crippen molar-refractivity contribution >= 4 is 10.8 Å². The van der Waals surface area contributed by atoms with Gasteiger partial charge in [-0.25, -0.2) is 0 Å². The fourth-order valence-electron chi connectivity index (χ4n) is 1.41. The maximum Gasteiger partial charge on any atom is 0.293 e. The smallest absolute Gasteiger partial charge is 0.293 e. The van der Waals surface area contributed by atoms with Crippen LogP contribution in [0.4, 0.5) is 0 Å². The lowest BCUT2D eigenvalue weighted by Gasteiger charge is -2.05. The number of ether oxygens (including phenoxy) is 1. The summed E-state index contributed by atoms with van der Waals surface area (Å²) in [7, 11) is 1.48. The average Bonchev–Trinajstić information content (AvgIpc) is 2.25. The highest BCUT2D eigenvalue weighted by molar-refractivity contribution is 5.92. The third kappa shape index (κ3) is 1.38. The number of hydrogen-bond donors (Lipinski definition) is 3. The van der Waals surface area contributed by atoms with Crippen LogP contribution in [0.2, 0.25) is 0 Å². The van der Waals surface area contributed by atoms with Crippen LogP contribution in [0.5, 0.6) is 17.4 Å². The number of H-pyrrole nitrogens is 1. The number of fused-ring (bicyclic) bond motifs is 1. The monoisotopic (exact) mass is 207 g/mol. The lowest BCUT2D eigenvalue weighted by molar-refractivity contribution is 0.414. The molecule has 5 heteroatoms. The van der Waals surface area contributed by atoms with Gasteiger partial charge in [-0.2, -0.15) is 0 Å². The van der Waals surface area contributed by atoms with Crippen LogP contribution < -0.4 is 10.3 Å². The second-order valence-corrected chi connectivity index (χ2v) is 3.06. The maximum atomic E-state index is 11.1. The minimum absolute atomic E-state index is 0.260. The molecule has 1 aromatic heterocycles. The van der Waals surface area contributed by atoms with Crippen molar-refractivity contribution < 1.29 is 14.9 Å². The van der Waals surface area contributed by atoms with Crippen LogP contribution in [0, 0.1) is 0 Å². The molecule has 0 spiro atoms. The summed E-state index contributed by atoms with van der Waals surface area (Å²) in [4.78, 5) is 13.3. The summed E-state index contributed by atoms with van der Waals surface area (Å²) in [6.45, 7) is 0. The minimum atomic E-state index is -0.728. The number of aromatic amines is 1. The van der Waals surface area contributed by atoms with Gasteiger partial charge in [-0.1, -0.05) is 0 Å². The van der Waals surface area contributed by atoms with Gasteiger partial charge < -0.3 is 14.9 Å². The molecule has 15 heavy (non-hydrogen) atoms. The van der Waals surface area contributed by atoms with Crippen molar-refractivity contribution in [1.29, 1.82) is 0 Å². The molecule has 0 aliphatic heterocycles. The van der Waals surface area contributed by atoms with Crippen molar-refractivity contribution in [2.75, 3.05) is 7.11 Å². The largest absolute Gasteiger partial charge is 0.503 e. The molecule has 0 fully saturated rings. The zero-order valence-corrected chi connectivity index (χ0v) is 7.94. The molecule has 0 saturated heterocycles. The Morgan fingerprint density at radius 1 is 1.27 bits per heavy atom. The first-order valence-electron chi connectivity index (χ1n) is 4.25. The van der Waals surface area contributed by atoms with E-state index in [-0.39, 0.29) is 11.3 Å². The van der Waals surface area contributed by atoms with Crippen LogP contribution in [-0.2, 0) is 0 Å². The zero-order valence-electron chi connectivity index (χ0n) is 7.94. The molecule has 2 aromatic rings. The fraction of sp³-hybridized carbons (Fsp3) is 0.100. The number of pyridine rings is 1. The zero-order chi connectivity index (χ0) is 11.0.